The average molecular weight is 390 g/mol. The Morgan fingerprint density at radius 3 is 2.62 bits per heavy atom. The predicted octanol–water partition coefficient (Wildman–Crippen LogP) is 4.09. The third kappa shape index (κ3) is 3.53. The summed E-state index contributed by atoms with van der Waals surface area (Å²) in [5, 5.41) is 2.98. The first kappa shape index (κ1) is 18.9. The molecule has 0 saturated heterocycles. The van der Waals surface area contributed by atoms with Crippen LogP contribution in [0.5, 0.6) is 0 Å². The molecule has 0 saturated carbocycles. The molecule has 0 atom stereocenters. The Hall–Kier alpha value is -3.41. The number of aryl methyl sites for hydroxylation is 2. The van der Waals surface area contributed by atoms with Gasteiger partial charge in [-0.1, -0.05) is 18.2 Å². The zero-order chi connectivity index (χ0) is 20.5. The van der Waals surface area contributed by atoms with E-state index >= 15 is 0 Å². The molecule has 0 fully saturated rings. The molecular formula is C23H23FN4O. The van der Waals surface area contributed by atoms with Gasteiger partial charge in [-0.15, -0.1) is 0 Å². The van der Waals surface area contributed by atoms with Crippen molar-refractivity contribution in [3.8, 4) is 5.69 Å². The summed E-state index contributed by atoms with van der Waals surface area (Å²) in [6.07, 6.45) is 0.565. The molecule has 4 rings (SSSR count). The molecule has 6 heteroatoms. The Morgan fingerprint density at radius 1 is 1.10 bits per heavy atom. The molecule has 1 N–H and O–H groups in total. The molecule has 29 heavy (non-hydrogen) atoms. The molecule has 4 aromatic rings. The zero-order valence-electron chi connectivity index (χ0n) is 16.7. The van der Waals surface area contributed by atoms with Gasteiger partial charge in [-0.05, 0) is 50.2 Å². The molecule has 0 aliphatic carbocycles. The van der Waals surface area contributed by atoms with Crippen LogP contribution in [-0.2, 0) is 13.5 Å². The Kier molecular flexibility index (Phi) is 4.92. The van der Waals surface area contributed by atoms with Gasteiger partial charge in [0.2, 0.25) is 0 Å². The van der Waals surface area contributed by atoms with Gasteiger partial charge in [0, 0.05) is 37.1 Å². The highest BCUT2D eigenvalue weighted by Gasteiger charge is 2.17. The number of hydrogen-bond acceptors (Lipinski definition) is 2. The maximum Gasteiger partial charge on any atom is 0.253 e. The molecule has 2 heterocycles. The lowest BCUT2D eigenvalue weighted by Crippen LogP contribution is -2.26. The molecule has 0 spiro atoms. The van der Waals surface area contributed by atoms with Crippen LogP contribution in [-0.4, -0.2) is 26.6 Å². The van der Waals surface area contributed by atoms with Crippen molar-refractivity contribution >= 4 is 16.9 Å². The van der Waals surface area contributed by atoms with E-state index in [0.29, 0.717) is 18.5 Å². The van der Waals surface area contributed by atoms with Gasteiger partial charge >= 0.3 is 0 Å². The van der Waals surface area contributed by atoms with Crippen LogP contribution in [0.4, 0.5) is 4.39 Å². The summed E-state index contributed by atoms with van der Waals surface area (Å²) in [6.45, 7) is 4.40. The average Bonchev–Trinajstić information content (AvgIpc) is 3.18. The smallest absolute Gasteiger partial charge is 0.253 e. The lowest BCUT2D eigenvalue weighted by molar-refractivity contribution is 0.0953. The highest BCUT2D eigenvalue weighted by molar-refractivity contribution is 5.95. The number of halogens is 1. The summed E-state index contributed by atoms with van der Waals surface area (Å²) in [7, 11) is 1.86. The summed E-state index contributed by atoms with van der Waals surface area (Å²) >= 11 is 0. The minimum Gasteiger partial charge on any atom is -0.352 e. The molecule has 2 aromatic carbocycles. The Labute approximate surface area is 168 Å². The number of amides is 1. The minimum absolute atomic E-state index is 0.106. The van der Waals surface area contributed by atoms with E-state index < -0.39 is 0 Å². The lowest BCUT2D eigenvalue weighted by atomic mass is 10.2. The van der Waals surface area contributed by atoms with E-state index in [-0.39, 0.29) is 11.7 Å². The Balaban J connectivity index is 1.48. The first-order valence-corrected chi connectivity index (χ1v) is 9.59. The van der Waals surface area contributed by atoms with Gasteiger partial charge in [0.15, 0.2) is 0 Å². The highest BCUT2D eigenvalue weighted by atomic mass is 19.1. The van der Waals surface area contributed by atoms with Crippen molar-refractivity contribution in [2.75, 3.05) is 6.54 Å². The normalized spacial score (nSPS) is 11.2. The number of aromatic nitrogens is 3. The van der Waals surface area contributed by atoms with Gasteiger partial charge in [0.25, 0.3) is 5.91 Å². The second-order valence-electron chi connectivity index (χ2n) is 7.18. The van der Waals surface area contributed by atoms with Gasteiger partial charge in [-0.2, -0.15) is 0 Å². The lowest BCUT2D eigenvalue weighted by Gasteiger charge is -2.10. The fourth-order valence-corrected chi connectivity index (χ4v) is 3.79. The number of benzene rings is 2. The summed E-state index contributed by atoms with van der Waals surface area (Å²) in [6, 6.07) is 16.5. The van der Waals surface area contributed by atoms with Crippen molar-refractivity contribution in [3.63, 3.8) is 0 Å². The molecule has 5 nitrogen and oxygen atoms in total. The first-order valence-electron chi connectivity index (χ1n) is 9.59. The predicted molar refractivity (Wildman–Crippen MR) is 112 cm³/mol. The minimum atomic E-state index is -0.283. The fraction of sp³-hybridized carbons (Fsp3) is 0.217. The van der Waals surface area contributed by atoms with E-state index in [9.17, 15) is 9.18 Å². The van der Waals surface area contributed by atoms with Crippen LogP contribution in [0, 0.1) is 19.7 Å². The van der Waals surface area contributed by atoms with Crippen LogP contribution >= 0.6 is 0 Å². The summed E-state index contributed by atoms with van der Waals surface area (Å²) in [4.78, 5) is 17.3. The number of nitrogens with one attached hydrogen (secondary N) is 1. The summed E-state index contributed by atoms with van der Waals surface area (Å²) in [5.41, 5.74) is 5.12. The van der Waals surface area contributed by atoms with Crippen LogP contribution in [0.15, 0.2) is 54.6 Å². The third-order valence-electron chi connectivity index (χ3n) is 5.26. The van der Waals surface area contributed by atoms with Crippen molar-refractivity contribution in [1.82, 2.24) is 19.4 Å². The van der Waals surface area contributed by atoms with Crippen molar-refractivity contribution in [1.29, 1.82) is 0 Å². The van der Waals surface area contributed by atoms with E-state index in [1.165, 1.54) is 12.1 Å². The number of fused-ring (bicyclic) bond motifs is 1. The number of nitrogens with zero attached hydrogens (tertiary/aromatic N) is 3. The standard InChI is InChI=1S/C23H23FN4O/c1-15-13-19(16(2)28(15)18-7-5-4-6-8-18)23(29)25-12-11-22-26-20-10-9-17(24)14-21(20)27(22)3/h4-10,13-14H,11-12H2,1-3H3,(H,25,29). The van der Waals surface area contributed by atoms with Gasteiger partial charge in [-0.3, -0.25) is 4.79 Å². The molecule has 148 valence electrons. The topological polar surface area (TPSA) is 51.9 Å². The molecule has 1 amide bonds. The van der Waals surface area contributed by atoms with Gasteiger partial charge in [0.05, 0.1) is 16.6 Å². The van der Waals surface area contributed by atoms with Crippen LogP contribution < -0.4 is 5.32 Å². The maximum atomic E-state index is 13.5. The van der Waals surface area contributed by atoms with Crippen molar-refractivity contribution < 1.29 is 9.18 Å². The second kappa shape index (κ2) is 7.54. The van der Waals surface area contributed by atoms with Gasteiger partial charge in [-0.25, -0.2) is 9.37 Å². The SMILES string of the molecule is Cc1cc(C(=O)NCCc2nc3ccc(F)cc3n2C)c(C)n1-c1ccccc1. The first-order chi connectivity index (χ1) is 14.0. The molecular weight excluding hydrogens is 367 g/mol. The molecule has 0 radical (unpaired) electrons. The van der Waals surface area contributed by atoms with Gasteiger partial charge < -0.3 is 14.5 Å². The number of carbonyl (C=O) groups is 1. The summed E-state index contributed by atoms with van der Waals surface area (Å²) < 4.78 is 17.4. The van der Waals surface area contributed by atoms with Crippen LogP contribution in [0.25, 0.3) is 16.7 Å². The number of carbonyl (C=O) groups excluding carboxylic acids is 1. The number of hydrogen-bond donors (Lipinski definition) is 1. The summed E-state index contributed by atoms with van der Waals surface area (Å²) in [5.74, 6) is 0.417. The highest BCUT2D eigenvalue weighted by Crippen LogP contribution is 2.21. The van der Waals surface area contributed by atoms with E-state index in [1.807, 2.05) is 61.9 Å². The van der Waals surface area contributed by atoms with E-state index in [0.717, 1.165) is 33.9 Å². The van der Waals surface area contributed by atoms with Crippen LogP contribution in [0.3, 0.4) is 0 Å². The fourth-order valence-electron chi connectivity index (χ4n) is 3.79. The maximum absolute atomic E-state index is 13.5. The molecule has 0 aliphatic rings. The number of imidazole rings is 1. The van der Waals surface area contributed by atoms with Crippen molar-refractivity contribution in [3.05, 3.63) is 83.2 Å². The number of para-hydroxylation sites is 1. The van der Waals surface area contributed by atoms with Crippen molar-refractivity contribution in [2.24, 2.45) is 7.05 Å². The van der Waals surface area contributed by atoms with Gasteiger partial charge in [0.1, 0.15) is 11.6 Å². The molecule has 0 aliphatic heterocycles. The zero-order valence-corrected chi connectivity index (χ0v) is 16.7. The monoisotopic (exact) mass is 390 g/mol. The molecule has 2 aromatic heterocycles. The van der Waals surface area contributed by atoms with Crippen LogP contribution in [0.2, 0.25) is 0 Å². The molecule has 0 unspecified atom stereocenters. The van der Waals surface area contributed by atoms with E-state index in [1.54, 1.807) is 6.07 Å². The third-order valence-corrected chi connectivity index (χ3v) is 5.26. The van der Waals surface area contributed by atoms with E-state index in [4.69, 9.17) is 0 Å². The quantitative estimate of drug-likeness (QED) is 0.558. The Morgan fingerprint density at radius 2 is 1.86 bits per heavy atom. The number of rotatable bonds is 5. The van der Waals surface area contributed by atoms with Crippen LogP contribution in [0.1, 0.15) is 27.6 Å². The largest absolute Gasteiger partial charge is 0.352 e. The molecule has 0 bridgehead atoms. The van der Waals surface area contributed by atoms with Crippen molar-refractivity contribution in [2.45, 2.75) is 20.3 Å². The van der Waals surface area contributed by atoms with E-state index in [2.05, 4.69) is 14.9 Å². The Bertz CT molecular complexity index is 1190. The second-order valence-corrected chi connectivity index (χ2v) is 7.18.